The zero-order valence-electron chi connectivity index (χ0n) is 12.4. The van der Waals surface area contributed by atoms with Crippen LogP contribution in [-0.4, -0.2) is 12.6 Å². The van der Waals surface area contributed by atoms with Crippen LogP contribution < -0.4 is 5.32 Å². The molecule has 1 aromatic rings. The number of nitrogens with one attached hydrogen (secondary N) is 1. The van der Waals surface area contributed by atoms with Gasteiger partial charge in [-0.1, -0.05) is 43.7 Å². The summed E-state index contributed by atoms with van der Waals surface area (Å²) in [6, 6.07) is 11.6. The van der Waals surface area contributed by atoms with Crippen molar-refractivity contribution in [2.24, 2.45) is 5.92 Å². The second kappa shape index (κ2) is 8.37. The van der Waals surface area contributed by atoms with Crippen LogP contribution in [0.25, 0.3) is 0 Å². The molecular formula is C18H29N. The van der Waals surface area contributed by atoms with E-state index in [1.165, 1.54) is 63.5 Å². The standard InChI is InChI=1S/C18H29N/c1-2-16-11-13-18(14-12-16)19-15-7-6-10-17-8-4-3-5-9-17/h3-5,8-9,16,18-19H,2,6-7,10-15H2,1H3. The quantitative estimate of drug-likeness (QED) is 0.707. The van der Waals surface area contributed by atoms with Crippen LogP contribution in [0.2, 0.25) is 0 Å². The van der Waals surface area contributed by atoms with Gasteiger partial charge < -0.3 is 5.32 Å². The minimum Gasteiger partial charge on any atom is -0.314 e. The zero-order valence-corrected chi connectivity index (χ0v) is 12.4. The van der Waals surface area contributed by atoms with Crippen LogP contribution in [-0.2, 0) is 6.42 Å². The van der Waals surface area contributed by atoms with Crippen LogP contribution in [0.5, 0.6) is 0 Å². The highest BCUT2D eigenvalue weighted by Crippen LogP contribution is 2.26. The number of benzene rings is 1. The Kier molecular flexibility index (Phi) is 6.43. The van der Waals surface area contributed by atoms with E-state index < -0.39 is 0 Å². The summed E-state index contributed by atoms with van der Waals surface area (Å²) in [6.07, 6.45) is 10.9. The molecule has 0 heterocycles. The molecule has 0 radical (unpaired) electrons. The first-order chi connectivity index (χ1) is 9.38. The normalized spacial score (nSPS) is 23.4. The molecule has 1 aromatic carbocycles. The van der Waals surface area contributed by atoms with Gasteiger partial charge in [-0.2, -0.15) is 0 Å². The van der Waals surface area contributed by atoms with Crippen LogP contribution in [0.3, 0.4) is 0 Å². The van der Waals surface area contributed by atoms with E-state index in [0.717, 1.165) is 12.0 Å². The van der Waals surface area contributed by atoms with E-state index in [2.05, 4.69) is 42.6 Å². The van der Waals surface area contributed by atoms with Gasteiger partial charge in [0.25, 0.3) is 0 Å². The van der Waals surface area contributed by atoms with Gasteiger partial charge in [0.2, 0.25) is 0 Å². The fraction of sp³-hybridized carbons (Fsp3) is 0.667. The highest BCUT2D eigenvalue weighted by Gasteiger charge is 2.18. The average molecular weight is 259 g/mol. The van der Waals surface area contributed by atoms with Gasteiger partial charge in [0.15, 0.2) is 0 Å². The molecule has 1 fully saturated rings. The summed E-state index contributed by atoms with van der Waals surface area (Å²) in [5.74, 6) is 1.01. The first-order valence-corrected chi connectivity index (χ1v) is 8.15. The van der Waals surface area contributed by atoms with Gasteiger partial charge >= 0.3 is 0 Å². The van der Waals surface area contributed by atoms with E-state index in [4.69, 9.17) is 0 Å². The third-order valence-corrected chi connectivity index (χ3v) is 4.59. The Balaban J connectivity index is 1.51. The number of rotatable bonds is 7. The number of hydrogen-bond acceptors (Lipinski definition) is 1. The minimum atomic E-state index is 0.805. The van der Waals surface area contributed by atoms with Crippen LogP contribution in [0.4, 0.5) is 0 Å². The summed E-state index contributed by atoms with van der Waals surface area (Å²) >= 11 is 0. The molecule has 0 amide bonds. The van der Waals surface area contributed by atoms with E-state index in [9.17, 15) is 0 Å². The van der Waals surface area contributed by atoms with Crippen LogP contribution in [0.1, 0.15) is 57.4 Å². The van der Waals surface area contributed by atoms with Crippen molar-refractivity contribution in [3.63, 3.8) is 0 Å². The lowest BCUT2D eigenvalue weighted by molar-refractivity contribution is 0.285. The Morgan fingerprint density at radius 1 is 1.00 bits per heavy atom. The summed E-state index contributed by atoms with van der Waals surface area (Å²) in [7, 11) is 0. The smallest absolute Gasteiger partial charge is 0.00672 e. The van der Waals surface area contributed by atoms with Crippen LogP contribution in [0.15, 0.2) is 30.3 Å². The molecule has 1 N–H and O–H groups in total. The molecule has 1 heteroatoms. The highest BCUT2D eigenvalue weighted by atomic mass is 14.9. The van der Waals surface area contributed by atoms with E-state index in [1.807, 2.05) is 0 Å². The predicted octanol–water partition coefficient (Wildman–Crippen LogP) is 4.57. The summed E-state index contributed by atoms with van der Waals surface area (Å²) in [4.78, 5) is 0. The van der Waals surface area contributed by atoms with Gasteiger partial charge in [-0.15, -0.1) is 0 Å². The van der Waals surface area contributed by atoms with Gasteiger partial charge in [-0.25, -0.2) is 0 Å². The molecule has 0 unspecified atom stereocenters. The first-order valence-electron chi connectivity index (χ1n) is 8.15. The van der Waals surface area contributed by atoms with Crippen LogP contribution in [0, 0.1) is 5.92 Å². The SMILES string of the molecule is CCC1CCC(NCCCCc2ccccc2)CC1. The van der Waals surface area contributed by atoms with Crippen molar-refractivity contribution in [2.45, 2.75) is 64.3 Å². The lowest BCUT2D eigenvalue weighted by Crippen LogP contribution is -2.33. The van der Waals surface area contributed by atoms with E-state index in [1.54, 1.807) is 0 Å². The third-order valence-electron chi connectivity index (χ3n) is 4.59. The van der Waals surface area contributed by atoms with Crippen molar-refractivity contribution in [3.05, 3.63) is 35.9 Å². The maximum atomic E-state index is 3.75. The van der Waals surface area contributed by atoms with Crippen molar-refractivity contribution in [1.82, 2.24) is 5.32 Å². The Morgan fingerprint density at radius 2 is 1.74 bits per heavy atom. The molecule has 106 valence electrons. The first kappa shape index (κ1) is 14.6. The van der Waals surface area contributed by atoms with Gasteiger partial charge in [0.1, 0.15) is 0 Å². The minimum absolute atomic E-state index is 0.805. The Hall–Kier alpha value is -0.820. The van der Waals surface area contributed by atoms with Gasteiger partial charge in [-0.3, -0.25) is 0 Å². The summed E-state index contributed by atoms with van der Waals surface area (Å²) in [5, 5.41) is 3.75. The summed E-state index contributed by atoms with van der Waals surface area (Å²) in [5.41, 5.74) is 1.48. The zero-order chi connectivity index (χ0) is 13.3. The van der Waals surface area contributed by atoms with Crippen molar-refractivity contribution in [1.29, 1.82) is 0 Å². The Labute approximate surface area is 118 Å². The second-order valence-corrected chi connectivity index (χ2v) is 6.02. The molecule has 2 rings (SSSR count). The molecule has 19 heavy (non-hydrogen) atoms. The lowest BCUT2D eigenvalue weighted by Gasteiger charge is -2.28. The van der Waals surface area contributed by atoms with E-state index in [0.29, 0.717) is 0 Å². The molecule has 0 bridgehead atoms. The van der Waals surface area contributed by atoms with Crippen molar-refractivity contribution in [3.8, 4) is 0 Å². The number of hydrogen-bond donors (Lipinski definition) is 1. The molecule has 0 saturated heterocycles. The lowest BCUT2D eigenvalue weighted by atomic mass is 9.84. The Morgan fingerprint density at radius 3 is 2.42 bits per heavy atom. The average Bonchev–Trinajstić information content (AvgIpc) is 2.49. The summed E-state index contributed by atoms with van der Waals surface area (Å²) in [6.45, 7) is 3.54. The molecule has 1 aliphatic rings. The van der Waals surface area contributed by atoms with Crippen molar-refractivity contribution < 1.29 is 0 Å². The summed E-state index contributed by atoms with van der Waals surface area (Å²) < 4.78 is 0. The fourth-order valence-corrected chi connectivity index (χ4v) is 3.18. The van der Waals surface area contributed by atoms with Gasteiger partial charge in [0, 0.05) is 6.04 Å². The van der Waals surface area contributed by atoms with Crippen LogP contribution >= 0.6 is 0 Å². The highest BCUT2D eigenvalue weighted by molar-refractivity contribution is 5.14. The largest absolute Gasteiger partial charge is 0.314 e. The van der Waals surface area contributed by atoms with Gasteiger partial charge in [-0.05, 0) is 63.0 Å². The van der Waals surface area contributed by atoms with Gasteiger partial charge in [0.05, 0.1) is 0 Å². The number of unbranched alkanes of at least 4 members (excludes halogenated alkanes) is 1. The second-order valence-electron chi connectivity index (χ2n) is 6.02. The number of aryl methyl sites for hydroxylation is 1. The maximum absolute atomic E-state index is 3.75. The molecule has 0 aromatic heterocycles. The molecule has 0 atom stereocenters. The monoisotopic (exact) mass is 259 g/mol. The predicted molar refractivity (Wildman–Crippen MR) is 83.4 cm³/mol. The fourth-order valence-electron chi connectivity index (χ4n) is 3.18. The molecule has 1 saturated carbocycles. The topological polar surface area (TPSA) is 12.0 Å². The molecule has 1 aliphatic carbocycles. The molecular weight excluding hydrogens is 230 g/mol. The molecule has 1 nitrogen and oxygen atoms in total. The Bertz CT molecular complexity index is 325. The van der Waals surface area contributed by atoms with E-state index in [-0.39, 0.29) is 0 Å². The van der Waals surface area contributed by atoms with Crippen molar-refractivity contribution in [2.75, 3.05) is 6.54 Å². The molecule has 0 aliphatic heterocycles. The maximum Gasteiger partial charge on any atom is 0.00672 e. The third kappa shape index (κ3) is 5.36. The van der Waals surface area contributed by atoms with E-state index >= 15 is 0 Å². The molecule has 0 spiro atoms. The van der Waals surface area contributed by atoms with Crippen molar-refractivity contribution >= 4 is 0 Å².